The van der Waals surface area contributed by atoms with E-state index < -0.39 is 25.9 Å². The first kappa shape index (κ1) is 20.6. The Kier molecular flexibility index (Phi) is 5.71. The minimum absolute atomic E-state index is 0.248. The Bertz CT molecular complexity index is 1100. The van der Waals surface area contributed by atoms with Gasteiger partial charge in [0, 0.05) is 0 Å². The van der Waals surface area contributed by atoms with Crippen LogP contribution in [0.1, 0.15) is 0 Å². The molecule has 0 spiro atoms. The van der Waals surface area contributed by atoms with Crippen LogP contribution in [0.5, 0.6) is 11.9 Å². The molecule has 0 saturated carbocycles. The van der Waals surface area contributed by atoms with Crippen LogP contribution in [0.3, 0.4) is 0 Å². The number of H-pyrrole nitrogens is 1. The Morgan fingerprint density at radius 3 is 2.83 bits per heavy atom. The van der Waals surface area contributed by atoms with Gasteiger partial charge < -0.3 is 14.6 Å². The van der Waals surface area contributed by atoms with Crippen LogP contribution in [0.15, 0.2) is 24.3 Å². The fourth-order valence-corrected chi connectivity index (χ4v) is 5.35. The Balaban J connectivity index is 1.45. The molecule has 0 amide bonds. The maximum atomic E-state index is 9.88. The molecule has 11 heteroatoms. The van der Waals surface area contributed by atoms with Crippen molar-refractivity contribution >= 4 is 32.4 Å². The second kappa shape index (κ2) is 8.32. The van der Waals surface area contributed by atoms with Crippen molar-refractivity contribution in [3.63, 3.8) is 0 Å². The van der Waals surface area contributed by atoms with Gasteiger partial charge in [-0.25, -0.2) is 0 Å². The van der Waals surface area contributed by atoms with Gasteiger partial charge >= 0.3 is 159 Å². The van der Waals surface area contributed by atoms with E-state index in [4.69, 9.17) is 30.5 Å². The van der Waals surface area contributed by atoms with Crippen LogP contribution in [0.25, 0.3) is 22.2 Å². The van der Waals surface area contributed by atoms with E-state index in [1.165, 1.54) is 0 Å². The molecule has 1 aromatic carbocycles. The van der Waals surface area contributed by atoms with Gasteiger partial charge in [0.15, 0.2) is 0 Å². The third kappa shape index (κ3) is 3.63. The summed E-state index contributed by atoms with van der Waals surface area (Å²) in [7, 11) is 5.95. The van der Waals surface area contributed by atoms with Crippen molar-refractivity contribution in [3.05, 3.63) is 33.0 Å². The van der Waals surface area contributed by atoms with E-state index in [0.29, 0.717) is 29.0 Å². The molecule has 2 N–H and O–H groups in total. The van der Waals surface area contributed by atoms with Crippen LogP contribution < -0.4 is 29.3 Å². The van der Waals surface area contributed by atoms with Gasteiger partial charge in [0.25, 0.3) is 0 Å². The number of nitrogens with zero attached hydrogens (tertiary/aromatic N) is 2. The molecule has 4 atom stereocenters. The molecule has 2 aromatic heterocycles. The summed E-state index contributed by atoms with van der Waals surface area (Å²) in [5, 5.41) is 10.4. The zero-order valence-corrected chi connectivity index (χ0v) is 19.5. The van der Waals surface area contributed by atoms with Crippen LogP contribution in [0, 0.1) is 3.70 Å². The number of pyridine rings is 1. The molecule has 8 nitrogen and oxygen atoms in total. The van der Waals surface area contributed by atoms with Gasteiger partial charge in [0.1, 0.15) is 12.2 Å². The number of hydrogen-bond donors (Lipinski definition) is 3. The Morgan fingerprint density at radius 2 is 2.03 bits per heavy atom. The number of imidazole rings is 1. The average molecular weight is 563 g/mol. The number of halogens is 2. The molecule has 30 heavy (non-hydrogen) atoms. The Morgan fingerprint density at radius 1 is 1.20 bits per heavy atom. The van der Waals surface area contributed by atoms with E-state index >= 15 is 0 Å². The van der Waals surface area contributed by atoms with Crippen molar-refractivity contribution in [1.29, 1.82) is 0 Å². The molecule has 0 aliphatic carbocycles. The van der Waals surface area contributed by atoms with E-state index in [2.05, 4.69) is 24.8 Å². The van der Waals surface area contributed by atoms with E-state index in [9.17, 15) is 5.11 Å². The normalized spacial score (nSPS) is 25.7. The number of rotatable bonds is 5. The van der Waals surface area contributed by atoms with Crippen molar-refractivity contribution < 1.29 is 43.9 Å². The summed E-state index contributed by atoms with van der Waals surface area (Å²) >= 11 is 6.12. The van der Waals surface area contributed by atoms with Gasteiger partial charge in [-0.05, 0) is 0 Å². The SMILES string of the molecule is COc1nc([I-]S)ccc1-c1cc2nc(O[C@@H]3CO[C@H]4[C@@H]3OC[C@H]4O)[nH]c2cc1Cl. The molecule has 2 aliphatic rings. The number of aliphatic hydroxyl groups excluding tert-OH is 1. The minimum atomic E-state index is -0.625. The monoisotopic (exact) mass is 562 g/mol. The van der Waals surface area contributed by atoms with Gasteiger partial charge in [-0.15, -0.1) is 0 Å². The van der Waals surface area contributed by atoms with Gasteiger partial charge in [0.2, 0.25) is 0 Å². The average Bonchev–Trinajstić information content (AvgIpc) is 3.44. The summed E-state index contributed by atoms with van der Waals surface area (Å²) in [6, 6.07) is 7.89. The number of hydrogen-bond acceptors (Lipinski definition) is 8. The topological polar surface area (TPSA) is 98.7 Å². The number of benzene rings is 1. The third-order valence-corrected chi connectivity index (χ3v) is 7.76. The fourth-order valence-electron chi connectivity index (χ4n) is 3.78. The molecular formula is C19H18ClIN3O5S-. The first-order chi connectivity index (χ1) is 14.6. The number of thiol groups is 1. The van der Waals surface area contributed by atoms with Gasteiger partial charge in [-0.2, -0.15) is 0 Å². The van der Waals surface area contributed by atoms with Crippen molar-refractivity contribution in [3.8, 4) is 23.0 Å². The number of aliphatic hydroxyl groups is 1. The summed E-state index contributed by atoms with van der Waals surface area (Å²) in [6.45, 7) is 0.580. The number of ether oxygens (including phenoxy) is 4. The number of methoxy groups -OCH3 is 1. The Hall–Kier alpha value is -1.31. The number of fused-ring (bicyclic) bond motifs is 2. The molecule has 5 rings (SSSR count). The number of aromatic amines is 1. The molecule has 4 heterocycles. The van der Waals surface area contributed by atoms with Crippen LogP contribution >= 0.6 is 21.4 Å². The van der Waals surface area contributed by atoms with E-state index in [0.717, 1.165) is 20.3 Å². The molecule has 0 unspecified atom stereocenters. The second-order valence-corrected chi connectivity index (χ2v) is 10.1. The quantitative estimate of drug-likeness (QED) is 0.215. The predicted octanol–water partition coefficient (Wildman–Crippen LogP) is -0.704. The van der Waals surface area contributed by atoms with Crippen LogP contribution in [-0.2, 0) is 9.47 Å². The molecule has 0 bridgehead atoms. The van der Waals surface area contributed by atoms with Crippen molar-refractivity contribution in [2.75, 3.05) is 20.3 Å². The van der Waals surface area contributed by atoms with Crippen molar-refractivity contribution in [2.45, 2.75) is 24.4 Å². The molecule has 2 saturated heterocycles. The summed E-state index contributed by atoms with van der Waals surface area (Å²) in [4.78, 5) is 12.2. The predicted molar refractivity (Wildman–Crippen MR) is 108 cm³/mol. The van der Waals surface area contributed by atoms with E-state index in [1.807, 2.05) is 18.2 Å². The zero-order chi connectivity index (χ0) is 20.8. The standard InChI is InChI=1S/C19H18ClIN3O5S/c1-26-18-8(2-3-15(21-30)24-18)9-4-11-12(5-10(9)20)23-19(22-11)29-14-7-28-16-13(25)6-27-17(14)16/h2-5,13-14,16-17,25,30H,6-7H2,1H3,(H,22,23)/q-1/t13-,14-,16-,17-/m1/s1. The molecule has 0 radical (unpaired) electrons. The summed E-state index contributed by atoms with van der Waals surface area (Å²) in [5.74, 6) is 0.501. The molecule has 2 fully saturated rings. The summed E-state index contributed by atoms with van der Waals surface area (Å²) in [6.07, 6.45) is -1.64. The zero-order valence-electron chi connectivity index (χ0n) is 15.7. The van der Waals surface area contributed by atoms with Gasteiger partial charge in [0.05, 0.1) is 6.61 Å². The molecule has 3 aromatic rings. The maximum absolute atomic E-state index is 9.88. The first-order valence-corrected chi connectivity index (χ1v) is 13.9. The van der Waals surface area contributed by atoms with Gasteiger partial charge in [-0.1, -0.05) is 0 Å². The Labute approximate surface area is 191 Å². The third-order valence-electron chi connectivity index (χ3n) is 5.19. The van der Waals surface area contributed by atoms with Crippen LogP contribution in [0.4, 0.5) is 0 Å². The van der Waals surface area contributed by atoms with Crippen molar-refractivity contribution in [2.24, 2.45) is 0 Å². The van der Waals surface area contributed by atoms with E-state index in [-0.39, 0.29) is 24.9 Å². The van der Waals surface area contributed by atoms with Crippen LogP contribution in [0.2, 0.25) is 5.02 Å². The fraction of sp³-hybridized carbons (Fsp3) is 0.368. The summed E-state index contributed by atoms with van der Waals surface area (Å²) < 4.78 is 23.6. The van der Waals surface area contributed by atoms with Gasteiger partial charge in [-0.3, -0.25) is 0 Å². The van der Waals surface area contributed by atoms with Crippen molar-refractivity contribution in [1.82, 2.24) is 15.0 Å². The number of aromatic nitrogens is 3. The molecular weight excluding hydrogens is 545 g/mol. The summed E-state index contributed by atoms with van der Waals surface area (Å²) in [5.41, 5.74) is 2.98. The molecule has 160 valence electrons. The first-order valence-electron chi connectivity index (χ1n) is 9.18. The van der Waals surface area contributed by atoms with E-state index in [1.54, 1.807) is 13.2 Å². The molecule has 2 aliphatic heterocycles. The second-order valence-electron chi connectivity index (χ2n) is 6.99. The van der Waals surface area contributed by atoms with Crippen LogP contribution in [-0.4, -0.2) is 64.8 Å². The number of nitrogens with one attached hydrogen (secondary N) is 1.